The van der Waals surface area contributed by atoms with Gasteiger partial charge in [0.25, 0.3) is 0 Å². The molecule has 1 N–H and O–H groups in total. The number of nitriles is 1. The molecule has 2 heterocycles. The highest BCUT2D eigenvalue weighted by Crippen LogP contribution is 2.35. The van der Waals surface area contributed by atoms with Crippen LogP contribution in [0.4, 0.5) is 19.0 Å². The average molecular weight is 480 g/mol. The first-order valence-electron chi connectivity index (χ1n) is 11.4. The highest BCUT2D eigenvalue weighted by Gasteiger charge is 2.30. The second-order valence-electron chi connectivity index (χ2n) is 8.34. The van der Waals surface area contributed by atoms with Gasteiger partial charge in [-0.3, -0.25) is 9.78 Å². The van der Waals surface area contributed by atoms with Crippen LogP contribution in [-0.4, -0.2) is 35.0 Å². The van der Waals surface area contributed by atoms with Gasteiger partial charge in [0.05, 0.1) is 29.1 Å². The lowest BCUT2D eigenvalue weighted by Crippen LogP contribution is -2.44. The summed E-state index contributed by atoms with van der Waals surface area (Å²) < 4.78 is 39.1. The zero-order valence-electron chi connectivity index (χ0n) is 19.1. The van der Waals surface area contributed by atoms with Crippen LogP contribution in [0.1, 0.15) is 37.3 Å². The van der Waals surface area contributed by atoms with Crippen LogP contribution < -0.4 is 10.2 Å². The predicted molar refractivity (Wildman–Crippen MR) is 126 cm³/mol. The zero-order valence-corrected chi connectivity index (χ0v) is 19.1. The van der Waals surface area contributed by atoms with E-state index in [1.165, 1.54) is 12.1 Å². The van der Waals surface area contributed by atoms with Crippen molar-refractivity contribution < 1.29 is 18.0 Å². The third-order valence-electron chi connectivity index (χ3n) is 6.05. The number of piperidine rings is 1. The van der Waals surface area contributed by atoms with E-state index in [1.54, 1.807) is 30.5 Å². The molecule has 0 bridgehead atoms. The van der Waals surface area contributed by atoms with Gasteiger partial charge in [0.2, 0.25) is 5.91 Å². The van der Waals surface area contributed by atoms with Gasteiger partial charge in [-0.1, -0.05) is 37.3 Å². The van der Waals surface area contributed by atoms with Crippen molar-refractivity contribution in [1.82, 2.24) is 15.3 Å². The third kappa shape index (κ3) is 5.43. The summed E-state index contributed by atoms with van der Waals surface area (Å²) in [4.78, 5) is 23.2. The number of rotatable bonds is 5. The summed E-state index contributed by atoms with van der Waals surface area (Å²) in [6, 6.07) is 14.0. The number of alkyl halides is 3. The molecular formula is C26H24F3N5O. The molecule has 1 fully saturated rings. The second kappa shape index (κ2) is 10.1. The molecule has 4 rings (SSSR count). The molecule has 6 nitrogen and oxygen atoms in total. The highest BCUT2D eigenvalue weighted by atomic mass is 19.4. The maximum absolute atomic E-state index is 13.0. The number of amides is 1. The standard InChI is InChI=1S/C26H24F3N5O/c1-2-23(35)32-20-11-13-34(14-12-20)22-16-31-24(17-7-9-19(10-8-17)26(27,28)29)25(33-22)21-6-4-3-5-18(21)15-30/h3-10,16,20H,2,11-14H2,1H3,(H,32,35). The SMILES string of the molecule is CCC(=O)NC1CCN(c2cnc(-c3ccc(C(F)(F)F)cc3)c(-c3ccccc3C#N)n2)CC1. The van der Waals surface area contributed by atoms with E-state index in [4.69, 9.17) is 4.98 Å². The first-order chi connectivity index (χ1) is 16.8. The van der Waals surface area contributed by atoms with E-state index in [0.717, 1.165) is 25.0 Å². The Hall–Kier alpha value is -3.93. The second-order valence-corrected chi connectivity index (χ2v) is 8.34. The number of carbonyl (C=O) groups is 1. The van der Waals surface area contributed by atoms with Gasteiger partial charge in [-0.2, -0.15) is 18.4 Å². The van der Waals surface area contributed by atoms with Gasteiger partial charge >= 0.3 is 6.18 Å². The molecule has 35 heavy (non-hydrogen) atoms. The summed E-state index contributed by atoms with van der Waals surface area (Å²) in [5.74, 6) is 0.642. The van der Waals surface area contributed by atoms with Crippen molar-refractivity contribution in [2.75, 3.05) is 18.0 Å². The Labute approximate surface area is 201 Å². The van der Waals surface area contributed by atoms with E-state index in [2.05, 4.69) is 21.3 Å². The lowest BCUT2D eigenvalue weighted by molar-refractivity contribution is -0.137. The predicted octanol–water partition coefficient (Wildman–Crippen LogP) is 5.20. The number of carbonyl (C=O) groups excluding carboxylic acids is 1. The lowest BCUT2D eigenvalue weighted by Gasteiger charge is -2.33. The van der Waals surface area contributed by atoms with Crippen molar-refractivity contribution in [3.05, 3.63) is 65.9 Å². The van der Waals surface area contributed by atoms with Gasteiger partial charge in [0.1, 0.15) is 11.5 Å². The number of hydrogen-bond donors (Lipinski definition) is 1. The Morgan fingerprint density at radius 3 is 2.43 bits per heavy atom. The Kier molecular flexibility index (Phi) is 7.01. The summed E-state index contributed by atoms with van der Waals surface area (Å²) in [7, 11) is 0. The molecule has 1 aromatic heterocycles. The van der Waals surface area contributed by atoms with Crippen molar-refractivity contribution in [1.29, 1.82) is 5.26 Å². The van der Waals surface area contributed by atoms with Crippen LogP contribution in [0.2, 0.25) is 0 Å². The van der Waals surface area contributed by atoms with Crippen LogP contribution in [0.25, 0.3) is 22.5 Å². The molecule has 1 aliphatic heterocycles. The Morgan fingerprint density at radius 2 is 1.80 bits per heavy atom. The Morgan fingerprint density at radius 1 is 1.11 bits per heavy atom. The highest BCUT2D eigenvalue weighted by molar-refractivity contribution is 5.82. The van der Waals surface area contributed by atoms with Crippen LogP contribution in [0.3, 0.4) is 0 Å². The van der Waals surface area contributed by atoms with E-state index < -0.39 is 11.7 Å². The fourth-order valence-corrected chi connectivity index (χ4v) is 4.12. The molecule has 3 aromatic rings. The van der Waals surface area contributed by atoms with Gasteiger partial charge < -0.3 is 10.2 Å². The van der Waals surface area contributed by atoms with Gasteiger partial charge in [-0.25, -0.2) is 4.98 Å². The van der Waals surface area contributed by atoms with Crippen molar-refractivity contribution in [3.63, 3.8) is 0 Å². The molecule has 0 spiro atoms. The lowest BCUT2D eigenvalue weighted by atomic mass is 9.99. The van der Waals surface area contributed by atoms with Crippen LogP contribution in [-0.2, 0) is 11.0 Å². The Bertz CT molecular complexity index is 1240. The van der Waals surface area contributed by atoms with E-state index >= 15 is 0 Å². The number of nitrogens with one attached hydrogen (secondary N) is 1. The molecule has 0 radical (unpaired) electrons. The summed E-state index contributed by atoms with van der Waals surface area (Å²) >= 11 is 0. The van der Waals surface area contributed by atoms with Gasteiger partial charge in [0, 0.05) is 36.7 Å². The average Bonchev–Trinajstić information content (AvgIpc) is 2.88. The molecule has 1 saturated heterocycles. The van der Waals surface area contributed by atoms with Crippen molar-refractivity contribution >= 4 is 11.7 Å². The quantitative estimate of drug-likeness (QED) is 0.544. The molecule has 180 valence electrons. The fourth-order valence-electron chi connectivity index (χ4n) is 4.12. The first kappa shape index (κ1) is 24.2. The largest absolute Gasteiger partial charge is 0.416 e. The topological polar surface area (TPSA) is 81.9 Å². The van der Waals surface area contributed by atoms with Crippen LogP contribution in [0.5, 0.6) is 0 Å². The number of hydrogen-bond acceptors (Lipinski definition) is 5. The molecule has 9 heteroatoms. The number of anilines is 1. The maximum Gasteiger partial charge on any atom is 0.416 e. The smallest absolute Gasteiger partial charge is 0.355 e. The zero-order chi connectivity index (χ0) is 25.0. The molecular weight excluding hydrogens is 455 g/mol. The van der Waals surface area contributed by atoms with Crippen LogP contribution in [0, 0.1) is 11.3 Å². The minimum Gasteiger partial charge on any atom is -0.355 e. The number of nitrogens with zero attached hydrogens (tertiary/aromatic N) is 4. The number of aromatic nitrogens is 2. The van der Waals surface area contributed by atoms with Gasteiger partial charge in [-0.05, 0) is 31.0 Å². The molecule has 0 unspecified atom stereocenters. The molecule has 0 saturated carbocycles. The summed E-state index contributed by atoms with van der Waals surface area (Å²) in [5, 5.41) is 12.7. The van der Waals surface area contributed by atoms with Crippen LogP contribution in [0.15, 0.2) is 54.7 Å². The molecule has 1 aliphatic rings. The third-order valence-corrected chi connectivity index (χ3v) is 6.05. The van der Waals surface area contributed by atoms with Crippen molar-refractivity contribution in [2.24, 2.45) is 0 Å². The van der Waals surface area contributed by atoms with E-state index in [1.807, 2.05) is 6.92 Å². The summed E-state index contributed by atoms with van der Waals surface area (Å²) in [6.45, 7) is 3.16. The molecule has 2 aromatic carbocycles. The summed E-state index contributed by atoms with van der Waals surface area (Å²) in [5.41, 5.74) is 1.51. The van der Waals surface area contributed by atoms with Crippen molar-refractivity contribution in [3.8, 4) is 28.6 Å². The molecule has 0 atom stereocenters. The van der Waals surface area contributed by atoms with Gasteiger partial charge in [-0.15, -0.1) is 0 Å². The Balaban J connectivity index is 1.70. The van der Waals surface area contributed by atoms with E-state index in [0.29, 0.717) is 53.4 Å². The molecule has 1 amide bonds. The normalized spacial score (nSPS) is 14.4. The first-order valence-corrected chi connectivity index (χ1v) is 11.4. The maximum atomic E-state index is 13.0. The summed E-state index contributed by atoms with van der Waals surface area (Å²) in [6.07, 6.45) is -0.862. The number of benzene rings is 2. The monoisotopic (exact) mass is 479 g/mol. The van der Waals surface area contributed by atoms with Crippen molar-refractivity contribution in [2.45, 2.75) is 38.4 Å². The minimum atomic E-state index is -4.44. The minimum absolute atomic E-state index is 0.0273. The van der Waals surface area contributed by atoms with Crippen LogP contribution >= 0.6 is 0 Å². The number of halogens is 3. The van der Waals surface area contributed by atoms with Gasteiger partial charge in [0.15, 0.2) is 0 Å². The fraction of sp³-hybridized carbons (Fsp3) is 0.308. The van der Waals surface area contributed by atoms with E-state index in [-0.39, 0.29) is 11.9 Å². The molecule has 0 aliphatic carbocycles. The van der Waals surface area contributed by atoms with E-state index in [9.17, 15) is 23.2 Å².